The van der Waals surface area contributed by atoms with Gasteiger partial charge in [-0.1, -0.05) is 17.4 Å². The number of aliphatic hydroxyl groups is 1. The number of amides is 1. The third-order valence-corrected chi connectivity index (χ3v) is 6.17. The Morgan fingerprint density at radius 1 is 1.06 bits per heavy atom. The first-order chi connectivity index (χ1) is 16.4. The van der Waals surface area contributed by atoms with Crippen molar-refractivity contribution in [3.8, 4) is 17.2 Å². The van der Waals surface area contributed by atoms with E-state index in [-0.39, 0.29) is 16.5 Å². The standard InChI is InChI=1S/C24H23N3O6S/c1-5-33-16-9-6-14(7-10-16)21(28)19-20(15-8-11-17(31-3)18(12-15)32-4)27(23(30)22(19)29)24-26-25-13(2)34-24/h6-12,20,28H,5H2,1-4H3/t20-/m1/s1. The molecule has 34 heavy (non-hydrogen) atoms. The van der Waals surface area contributed by atoms with Crippen LogP contribution in [0.4, 0.5) is 5.13 Å². The topological polar surface area (TPSA) is 111 Å². The monoisotopic (exact) mass is 481 g/mol. The molecule has 1 saturated heterocycles. The van der Waals surface area contributed by atoms with Crippen molar-refractivity contribution in [2.75, 3.05) is 25.7 Å². The van der Waals surface area contributed by atoms with Crippen molar-refractivity contribution < 1.29 is 28.9 Å². The van der Waals surface area contributed by atoms with E-state index in [2.05, 4.69) is 10.2 Å². The van der Waals surface area contributed by atoms with Crippen LogP contribution in [0.2, 0.25) is 0 Å². The van der Waals surface area contributed by atoms with Crippen molar-refractivity contribution in [2.45, 2.75) is 19.9 Å². The summed E-state index contributed by atoms with van der Waals surface area (Å²) in [6, 6.07) is 10.8. The van der Waals surface area contributed by atoms with E-state index in [9.17, 15) is 14.7 Å². The number of benzene rings is 2. The summed E-state index contributed by atoms with van der Waals surface area (Å²) in [5.74, 6) is -0.394. The van der Waals surface area contributed by atoms with E-state index in [1.165, 1.54) is 30.5 Å². The van der Waals surface area contributed by atoms with Crippen LogP contribution in [0.5, 0.6) is 17.2 Å². The second-order valence-electron chi connectivity index (χ2n) is 7.34. The molecular formula is C24H23N3O6S. The van der Waals surface area contributed by atoms with Gasteiger partial charge in [0.25, 0.3) is 5.78 Å². The molecule has 0 radical (unpaired) electrons. The van der Waals surface area contributed by atoms with Crippen LogP contribution < -0.4 is 19.1 Å². The van der Waals surface area contributed by atoms with Crippen molar-refractivity contribution >= 4 is 33.9 Å². The van der Waals surface area contributed by atoms with E-state index >= 15 is 0 Å². The second kappa shape index (κ2) is 9.52. The van der Waals surface area contributed by atoms with Crippen LogP contribution in [0.25, 0.3) is 5.76 Å². The number of aliphatic hydroxyl groups excluding tert-OH is 1. The van der Waals surface area contributed by atoms with Gasteiger partial charge < -0.3 is 19.3 Å². The van der Waals surface area contributed by atoms with Crippen molar-refractivity contribution in [1.82, 2.24) is 10.2 Å². The van der Waals surface area contributed by atoms with E-state index in [1.807, 2.05) is 6.92 Å². The summed E-state index contributed by atoms with van der Waals surface area (Å²) in [6.45, 7) is 4.12. The highest BCUT2D eigenvalue weighted by Gasteiger charge is 2.48. The molecule has 0 aliphatic carbocycles. The molecule has 9 nitrogen and oxygen atoms in total. The Bertz CT molecular complexity index is 1270. The van der Waals surface area contributed by atoms with Gasteiger partial charge in [0, 0.05) is 5.56 Å². The molecule has 1 aliphatic heterocycles. The van der Waals surface area contributed by atoms with Gasteiger partial charge in [0.1, 0.15) is 16.5 Å². The number of methoxy groups -OCH3 is 2. The molecule has 2 aromatic carbocycles. The molecule has 1 amide bonds. The average Bonchev–Trinajstić information content (AvgIpc) is 3.39. The van der Waals surface area contributed by atoms with Crippen LogP contribution in [0, 0.1) is 6.92 Å². The lowest BCUT2D eigenvalue weighted by Crippen LogP contribution is -2.29. The molecule has 10 heteroatoms. The molecule has 2 heterocycles. The lowest BCUT2D eigenvalue weighted by molar-refractivity contribution is -0.132. The number of aryl methyl sites for hydroxylation is 1. The number of ether oxygens (including phenoxy) is 3. The Morgan fingerprint density at radius 2 is 1.76 bits per heavy atom. The SMILES string of the molecule is CCOc1ccc(C(O)=C2C(=O)C(=O)N(c3nnc(C)s3)[C@@H]2c2ccc(OC)c(OC)c2)cc1. The zero-order valence-electron chi connectivity index (χ0n) is 19.1. The van der Waals surface area contributed by atoms with E-state index in [4.69, 9.17) is 14.2 Å². The molecule has 1 fully saturated rings. The minimum absolute atomic E-state index is 0.0609. The maximum Gasteiger partial charge on any atom is 0.301 e. The van der Waals surface area contributed by atoms with Crippen LogP contribution >= 0.6 is 11.3 Å². The lowest BCUT2D eigenvalue weighted by Gasteiger charge is -2.23. The normalized spacial score (nSPS) is 17.2. The van der Waals surface area contributed by atoms with Gasteiger partial charge in [-0.15, -0.1) is 10.2 Å². The lowest BCUT2D eigenvalue weighted by atomic mass is 9.95. The highest BCUT2D eigenvalue weighted by Crippen LogP contribution is 2.44. The number of carbonyl (C=O) groups is 2. The second-order valence-corrected chi connectivity index (χ2v) is 8.50. The van der Waals surface area contributed by atoms with Crippen LogP contribution in [0.15, 0.2) is 48.0 Å². The van der Waals surface area contributed by atoms with Crippen molar-refractivity contribution in [3.63, 3.8) is 0 Å². The summed E-state index contributed by atoms with van der Waals surface area (Å²) >= 11 is 1.18. The molecule has 176 valence electrons. The number of ketones is 1. The Hall–Kier alpha value is -3.92. The first kappa shape index (κ1) is 23.2. The molecule has 1 aliphatic rings. The molecule has 0 saturated carbocycles. The van der Waals surface area contributed by atoms with Gasteiger partial charge in [0.15, 0.2) is 11.5 Å². The Labute approximate surface area is 200 Å². The molecule has 4 rings (SSSR count). The number of nitrogens with zero attached hydrogens (tertiary/aromatic N) is 3. The number of hydrogen-bond acceptors (Lipinski definition) is 9. The third kappa shape index (κ3) is 4.08. The summed E-state index contributed by atoms with van der Waals surface area (Å²) in [7, 11) is 3.01. The first-order valence-electron chi connectivity index (χ1n) is 10.5. The van der Waals surface area contributed by atoms with E-state index < -0.39 is 17.7 Å². The van der Waals surface area contributed by atoms with Crippen LogP contribution in [-0.2, 0) is 9.59 Å². The summed E-state index contributed by atoms with van der Waals surface area (Å²) in [6.07, 6.45) is 0. The van der Waals surface area contributed by atoms with Crippen molar-refractivity contribution in [2.24, 2.45) is 0 Å². The number of Topliss-reactive ketones (excluding diaryl/α,β-unsaturated/α-hetero) is 1. The van der Waals surface area contributed by atoms with Crippen LogP contribution in [0.1, 0.15) is 29.1 Å². The number of hydrogen-bond donors (Lipinski definition) is 1. The van der Waals surface area contributed by atoms with Gasteiger partial charge in [0.2, 0.25) is 5.13 Å². The minimum Gasteiger partial charge on any atom is -0.507 e. The summed E-state index contributed by atoms with van der Waals surface area (Å²) in [5, 5.41) is 20.2. The predicted octanol–water partition coefficient (Wildman–Crippen LogP) is 3.89. The van der Waals surface area contributed by atoms with E-state index in [0.29, 0.717) is 40.0 Å². The van der Waals surface area contributed by atoms with Crippen LogP contribution in [-0.4, -0.2) is 47.8 Å². The van der Waals surface area contributed by atoms with Gasteiger partial charge in [-0.25, -0.2) is 0 Å². The average molecular weight is 482 g/mol. The fourth-order valence-corrected chi connectivity index (χ4v) is 4.50. The highest BCUT2D eigenvalue weighted by molar-refractivity contribution is 7.15. The fraction of sp³-hybridized carbons (Fsp3) is 0.250. The summed E-state index contributed by atoms with van der Waals surface area (Å²) < 4.78 is 16.2. The smallest absolute Gasteiger partial charge is 0.301 e. The summed E-state index contributed by atoms with van der Waals surface area (Å²) in [4.78, 5) is 27.6. The quantitative estimate of drug-likeness (QED) is 0.307. The highest BCUT2D eigenvalue weighted by atomic mass is 32.1. The number of anilines is 1. The largest absolute Gasteiger partial charge is 0.507 e. The van der Waals surface area contributed by atoms with Crippen molar-refractivity contribution in [3.05, 3.63) is 64.2 Å². The van der Waals surface area contributed by atoms with Gasteiger partial charge in [-0.3, -0.25) is 14.5 Å². The maximum atomic E-state index is 13.2. The molecule has 0 bridgehead atoms. The predicted molar refractivity (Wildman–Crippen MR) is 127 cm³/mol. The first-order valence-corrected chi connectivity index (χ1v) is 11.3. The Morgan fingerprint density at radius 3 is 2.35 bits per heavy atom. The van der Waals surface area contributed by atoms with Gasteiger partial charge >= 0.3 is 5.91 Å². The molecule has 1 N–H and O–H groups in total. The minimum atomic E-state index is -0.946. The Balaban J connectivity index is 1.91. The maximum absolute atomic E-state index is 13.2. The molecule has 1 aromatic heterocycles. The molecule has 1 atom stereocenters. The summed E-state index contributed by atoms with van der Waals surface area (Å²) in [5.41, 5.74) is 0.854. The molecule has 0 unspecified atom stereocenters. The van der Waals surface area contributed by atoms with E-state index in [1.54, 1.807) is 49.4 Å². The zero-order chi connectivity index (χ0) is 24.4. The fourth-order valence-electron chi connectivity index (χ4n) is 3.78. The number of carbonyl (C=O) groups excluding carboxylic acids is 2. The van der Waals surface area contributed by atoms with Gasteiger partial charge in [0.05, 0.1) is 32.4 Å². The third-order valence-electron chi connectivity index (χ3n) is 5.33. The van der Waals surface area contributed by atoms with E-state index in [0.717, 1.165) is 0 Å². The Kier molecular flexibility index (Phi) is 6.51. The zero-order valence-corrected chi connectivity index (χ0v) is 19.9. The molecule has 3 aromatic rings. The van der Waals surface area contributed by atoms with Crippen LogP contribution in [0.3, 0.4) is 0 Å². The molecular weight excluding hydrogens is 458 g/mol. The molecule has 0 spiro atoms. The van der Waals surface area contributed by atoms with Crippen molar-refractivity contribution in [1.29, 1.82) is 0 Å². The van der Waals surface area contributed by atoms with Gasteiger partial charge in [-0.05, 0) is 55.8 Å². The number of aromatic nitrogens is 2. The number of rotatable bonds is 7. The van der Waals surface area contributed by atoms with Gasteiger partial charge in [-0.2, -0.15) is 0 Å².